The van der Waals surface area contributed by atoms with Crippen LogP contribution in [0.3, 0.4) is 0 Å². The molecular formula is C29H36BrO2P. The Morgan fingerprint density at radius 3 is 1.67 bits per heavy atom. The molecule has 176 valence electrons. The smallest absolute Gasteiger partial charge is 0.157 e. The summed E-state index contributed by atoms with van der Waals surface area (Å²) in [7, 11) is -1.68. The molecule has 0 N–H and O–H groups in total. The van der Waals surface area contributed by atoms with Gasteiger partial charge >= 0.3 is 0 Å². The number of ether oxygens (including phenoxy) is 2. The van der Waals surface area contributed by atoms with Crippen molar-refractivity contribution in [1.82, 2.24) is 0 Å². The summed E-state index contributed by atoms with van der Waals surface area (Å²) in [5, 5.41) is 4.44. The molecule has 0 amide bonds. The third-order valence-electron chi connectivity index (χ3n) is 6.42. The van der Waals surface area contributed by atoms with Gasteiger partial charge in [-0.1, -0.05) is 61.0 Å². The Balaban J connectivity index is 0.00000306. The Hall–Kier alpha value is -1.51. The molecule has 1 fully saturated rings. The van der Waals surface area contributed by atoms with Gasteiger partial charge in [-0.15, -0.1) is 0 Å². The average molecular weight is 527 g/mol. The zero-order valence-electron chi connectivity index (χ0n) is 19.5. The molecule has 0 aliphatic carbocycles. The Bertz CT molecular complexity index is 802. The maximum absolute atomic E-state index is 5.92. The summed E-state index contributed by atoms with van der Waals surface area (Å²) < 4.78 is 11.6. The van der Waals surface area contributed by atoms with E-state index in [1.54, 1.807) is 0 Å². The molecule has 1 heterocycles. The van der Waals surface area contributed by atoms with Crippen molar-refractivity contribution in [2.45, 2.75) is 51.2 Å². The molecule has 3 aromatic rings. The van der Waals surface area contributed by atoms with Gasteiger partial charge in [-0.25, -0.2) is 0 Å². The molecule has 4 rings (SSSR count). The summed E-state index contributed by atoms with van der Waals surface area (Å²) in [6.07, 6.45) is 9.50. The summed E-state index contributed by atoms with van der Waals surface area (Å²) >= 11 is 0. The molecule has 1 atom stereocenters. The zero-order valence-corrected chi connectivity index (χ0v) is 21.9. The lowest BCUT2D eigenvalue weighted by molar-refractivity contribution is -0.162. The van der Waals surface area contributed by atoms with E-state index in [2.05, 4.69) is 91.0 Å². The first-order valence-corrected chi connectivity index (χ1v) is 14.2. The number of halogens is 1. The molecule has 2 nitrogen and oxygen atoms in total. The molecule has 1 aliphatic heterocycles. The molecule has 0 bridgehead atoms. The van der Waals surface area contributed by atoms with Crippen LogP contribution in [0.25, 0.3) is 0 Å². The Labute approximate surface area is 210 Å². The second-order valence-electron chi connectivity index (χ2n) is 8.62. The molecule has 0 radical (unpaired) electrons. The van der Waals surface area contributed by atoms with Gasteiger partial charge < -0.3 is 26.5 Å². The van der Waals surface area contributed by atoms with E-state index in [0.717, 1.165) is 26.1 Å². The first-order chi connectivity index (χ1) is 15.9. The van der Waals surface area contributed by atoms with Crippen LogP contribution >= 0.6 is 7.26 Å². The van der Waals surface area contributed by atoms with Crippen molar-refractivity contribution in [3.05, 3.63) is 91.0 Å². The van der Waals surface area contributed by atoms with E-state index in [1.807, 2.05) is 0 Å². The van der Waals surface area contributed by atoms with Gasteiger partial charge in [-0.3, -0.25) is 0 Å². The van der Waals surface area contributed by atoms with E-state index in [1.165, 1.54) is 54.2 Å². The van der Waals surface area contributed by atoms with Gasteiger partial charge in [0.05, 0.1) is 6.16 Å². The lowest BCUT2D eigenvalue weighted by atomic mass is 10.2. The van der Waals surface area contributed by atoms with Crippen molar-refractivity contribution in [2.24, 2.45) is 0 Å². The van der Waals surface area contributed by atoms with Gasteiger partial charge in [0.25, 0.3) is 0 Å². The maximum Gasteiger partial charge on any atom is 0.157 e. The fourth-order valence-electron chi connectivity index (χ4n) is 4.74. The molecule has 0 spiro atoms. The van der Waals surface area contributed by atoms with Crippen LogP contribution in [0.4, 0.5) is 0 Å². The van der Waals surface area contributed by atoms with Gasteiger partial charge in [-0.2, -0.15) is 0 Å². The number of unbranched alkanes of at least 4 members (excludes halogenated alkanes) is 3. The lowest BCUT2D eigenvalue weighted by Crippen LogP contribution is -3.00. The summed E-state index contributed by atoms with van der Waals surface area (Å²) in [6.45, 7) is 1.68. The Morgan fingerprint density at radius 1 is 0.667 bits per heavy atom. The van der Waals surface area contributed by atoms with Gasteiger partial charge in [0.2, 0.25) is 0 Å². The van der Waals surface area contributed by atoms with Crippen LogP contribution in [0.1, 0.15) is 44.9 Å². The van der Waals surface area contributed by atoms with Crippen LogP contribution in [-0.2, 0) is 9.47 Å². The third kappa shape index (κ3) is 6.99. The fourth-order valence-corrected chi connectivity index (χ4v) is 9.15. The normalized spacial score (nSPS) is 16.2. The molecular weight excluding hydrogens is 491 g/mol. The second kappa shape index (κ2) is 14.0. The first kappa shape index (κ1) is 26.1. The molecule has 1 saturated heterocycles. The van der Waals surface area contributed by atoms with Gasteiger partial charge in [0.1, 0.15) is 23.2 Å². The summed E-state index contributed by atoms with van der Waals surface area (Å²) in [6, 6.07) is 33.6. The average Bonchev–Trinajstić information content (AvgIpc) is 2.88. The van der Waals surface area contributed by atoms with Crippen LogP contribution < -0.4 is 32.9 Å². The van der Waals surface area contributed by atoms with Crippen molar-refractivity contribution in [3.63, 3.8) is 0 Å². The van der Waals surface area contributed by atoms with Crippen LogP contribution in [0.15, 0.2) is 91.0 Å². The minimum atomic E-state index is -1.68. The van der Waals surface area contributed by atoms with Crippen molar-refractivity contribution >= 4 is 23.2 Å². The molecule has 1 unspecified atom stereocenters. The molecule has 4 heteroatoms. The van der Waals surface area contributed by atoms with E-state index >= 15 is 0 Å². The van der Waals surface area contributed by atoms with Crippen LogP contribution in [0, 0.1) is 0 Å². The quantitative estimate of drug-likeness (QED) is 0.282. The number of hydrogen-bond acceptors (Lipinski definition) is 2. The van der Waals surface area contributed by atoms with E-state index in [0.29, 0.717) is 0 Å². The minimum absolute atomic E-state index is 0. The maximum atomic E-state index is 5.92. The van der Waals surface area contributed by atoms with Crippen LogP contribution in [0.5, 0.6) is 0 Å². The summed E-state index contributed by atoms with van der Waals surface area (Å²) in [5.41, 5.74) is 0. The fraction of sp³-hybridized carbons (Fsp3) is 0.379. The number of rotatable bonds is 11. The predicted octanol–water partition coefficient (Wildman–Crippen LogP) is 3.09. The monoisotopic (exact) mass is 526 g/mol. The SMILES string of the molecule is [Br-].c1ccc([P+](CCCCCCOC2CCCCO2)(c2ccccc2)c2ccccc2)cc1. The van der Waals surface area contributed by atoms with Gasteiger partial charge in [0.15, 0.2) is 6.29 Å². The third-order valence-corrected chi connectivity index (χ3v) is 10.9. The van der Waals surface area contributed by atoms with Crippen molar-refractivity contribution in [3.8, 4) is 0 Å². The Kier molecular flexibility index (Phi) is 11.1. The van der Waals surface area contributed by atoms with E-state index < -0.39 is 7.26 Å². The highest BCUT2D eigenvalue weighted by Crippen LogP contribution is 2.55. The Morgan fingerprint density at radius 2 is 1.18 bits per heavy atom. The molecule has 33 heavy (non-hydrogen) atoms. The molecule has 0 aromatic heterocycles. The van der Waals surface area contributed by atoms with Gasteiger partial charge in [0, 0.05) is 13.2 Å². The number of benzene rings is 3. The highest BCUT2D eigenvalue weighted by Gasteiger charge is 2.44. The second-order valence-corrected chi connectivity index (χ2v) is 12.2. The highest BCUT2D eigenvalue weighted by molar-refractivity contribution is 7.95. The first-order valence-electron chi connectivity index (χ1n) is 12.2. The lowest BCUT2D eigenvalue weighted by Gasteiger charge is -2.27. The molecule has 1 aliphatic rings. The topological polar surface area (TPSA) is 18.5 Å². The summed E-state index contributed by atoms with van der Waals surface area (Å²) in [5.74, 6) is 0. The van der Waals surface area contributed by atoms with Crippen molar-refractivity contribution in [1.29, 1.82) is 0 Å². The van der Waals surface area contributed by atoms with Crippen molar-refractivity contribution < 1.29 is 26.5 Å². The van der Waals surface area contributed by atoms with E-state index in [4.69, 9.17) is 9.47 Å². The van der Waals surface area contributed by atoms with Crippen molar-refractivity contribution in [2.75, 3.05) is 19.4 Å². The zero-order chi connectivity index (χ0) is 21.9. The van der Waals surface area contributed by atoms with Gasteiger partial charge in [-0.05, 0) is 74.9 Å². The van der Waals surface area contributed by atoms with E-state index in [9.17, 15) is 0 Å². The van der Waals surface area contributed by atoms with Crippen LogP contribution in [0.2, 0.25) is 0 Å². The molecule has 3 aromatic carbocycles. The van der Waals surface area contributed by atoms with Crippen LogP contribution in [-0.4, -0.2) is 25.7 Å². The summed E-state index contributed by atoms with van der Waals surface area (Å²) in [4.78, 5) is 0. The predicted molar refractivity (Wildman–Crippen MR) is 138 cm³/mol. The highest BCUT2D eigenvalue weighted by atomic mass is 79.9. The number of hydrogen-bond donors (Lipinski definition) is 0. The van der Waals surface area contributed by atoms with E-state index in [-0.39, 0.29) is 23.3 Å². The largest absolute Gasteiger partial charge is 1.00 e. The standard InChI is InChI=1S/C29H36O2P.BrH/c1(13-23-30-29-22-12-14-24-31-29)2-15-25-32(26-16-6-3-7-17-26,27-18-8-4-9-19-27)28-20-10-5-11-21-28;/h3-11,16-21,29H,1-2,12-15,22-25H2;1H/q+1;/p-1. The molecule has 0 saturated carbocycles. The minimum Gasteiger partial charge on any atom is -1.00 e.